The van der Waals surface area contributed by atoms with Crippen molar-refractivity contribution in [3.05, 3.63) is 64.8 Å². The topological polar surface area (TPSA) is 67.2 Å². The molecule has 2 heterocycles. The molecule has 5 nitrogen and oxygen atoms in total. The van der Waals surface area contributed by atoms with Crippen molar-refractivity contribution < 1.29 is 4.79 Å². The predicted octanol–water partition coefficient (Wildman–Crippen LogP) is 4.10. The number of carbonyl (C=O) groups is 1. The fraction of sp³-hybridized carbons (Fsp3) is 0.0588. The molecule has 0 bridgehead atoms. The maximum atomic E-state index is 11.8. The second kappa shape index (κ2) is 8.75. The summed E-state index contributed by atoms with van der Waals surface area (Å²) in [5.41, 5.74) is 5.03. The summed E-state index contributed by atoms with van der Waals surface area (Å²) in [6.45, 7) is 0. The lowest BCUT2D eigenvalue weighted by Gasteiger charge is -1.98. The van der Waals surface area contributed by atoms with Gasteiger partial charge in [0.15, 0.2) is 4.34 Å². The number of pyridine rings is 1. The summed E-state index contributed by atoms with van der Waals surface area (Å²) in [6.07, 6.45) is 3.17. The number of hydrogen-bond donors (Lipinski definition) is 1. The van der Waals surface area contributed by atoms with E-state index in [9.17, 15) is 4.79 Å². The molecule has 0 saturated carbocycles. The van der Waals surface area contributed by atoms with Gasteiger partial charge >= 0.3 is 0 Å². The highest BCUT2D eigenvalue weighted by Crippen LogP contribution is 2.28. The zero-order chi connectivity index (χ0) is 17.5. The number of carbonyl (C=O) groups excluding carboxylic acids is 1. The molecule has 8 heteroatoms. The molecule has 2 aromatic heterocycles. The van der Waals surface area contributed by atoms with E-state index in [0.717, 1.165) is 15.6 Å². The summed E-state index contributed by atoms with van der Waals surface area (Å²) >= 11 is 8.76. The first-order valence-corrected chi connectivity index (χ1v) is 9.52. The number of nitrogens with one attached hydrogen (secondary N) is 1. The summed E-state index contributed by atoms with van der Waals surface area (Å²) in [5.74, 6) is 0.0491. The normalized spacial score (nSPS) is 10.9. The number of hydrazone groups is 1. The average Bonchev–Trinajstić information content (AvgIpc) is 3.10. The van der Waals surface area contributed by atoms with Gasteiger partial charge in [-0.1, -0.05) is 41.6 Å². The molecule has 1 amide bonds. The molecule has 0 aliphatic heterocycles. The lowest BCUT2D eigenvalue weighted by Crippen LogP contribution is -2.19. The molecule has 0 aliphatic carbocycles. The summed E-state index contributed by atoms with van der Waals surface area (Å²) in [5, 5.41) is 6.54. The molecule has 126 valence electrons. The Balaban J connectivity index is 1.49. The Morgan fingerprint density at radius 3 is 2.88 bits per heavy atom. The van der Waals surface area contributed by atoms with E-state index in [1.807, 2.05) is 41.8 Å². The first-order chi connectivity index (χ1) is 12.2. The molecule has 3 rings (SSSR count). The number of thiazole rings is 1. The zero-order valence-corrected chi connectivity index (χ0v) is 15.3. The molecule has 0 fully saturated rings. The monoisotopic (exact) mass is 388 g/mol. The van der Waals surface area contributed by atoms with Gasteiger partial charge < -0.3 is 0 Å². The Morgan fingerprint density at radius 2 is 2.12 bits per heavy atom. The van der Waals surface area contributed by atoms with Crippen LogP contribution in [0, 0.1) is 0 Å². The molecule has 25 heavy (non-hydrogen) atoms. The first kappa shape index (κ1) is 17.6. The minimum Gasteiger partial charge on any atom is -0.272 e. The molecule has 0 unspecified atom stereocenters. The Bertz CT molecular complexity index is 866. The number of hydrogen-bond acceptors (Lipinski definition) is 6. The Kier molecular flexibility index (Phi) is 6.16. The van der Waals surface area contributed by atoms with Gasteiger partial charge in [0.05, 0.1) is 23.4 Å². The first-order valence-electron chi connectivity index (χ1n) is 7.28. The highest BCUT2D eigenvalue weighted by Gasteiger charge is 2.07. The van der Waals surface area contributed by atoms with Crippen LogP contribution in [-0.4, -0.2) is 27.8 Å². The van der Waals surface area contributed by atoms with Crippen LogP contribution in [0.4, 0.5) is 0 Å². The van der Waals surface area contributed by atoms with Gasteiger partial charge in [0, 0.05) is 22.2 Å². The molecule has 3 aromatic rings. The van der Waals surface area contributed by atoms with Gasteiger partial charge in [0.2, 0.25) is 0 Å². The van der Waals surface area contributed by atoms with E-state index < -0.39 is 0 Å². The Labute approximate surface area is 158 Å². The third kappa shape index (κ3) is 5.38. The van der Waals surface area contributed by atoms with Crippen LogP contribution in [0.1, 0.15) is 5.69 Å². The Morgan fingerprint density at radius 1 is 1.28 bits per heavy atom. The molecule has 0 aliphatic rings. The molecule has 0 radical (unpaired) electrons. The van der Waals surface area contributed by atoms with Crippen LogP contribution in [0.5, 0.6) is 0 Å². The lowest BCUT2D eigenvalue weighted by molar-refractivity contribution is -0.118. The van der Waals surface area contributed by atoms with Crippen molar-refractivity contribution in [1.29, 1.82) is 0 Å². The fourth-order valence-corrected chi connectivity index (χ4v) is 3.61. The number of aromatic nitrogens is 2. The van der Waals surface area contributed by atoms with Gasteiger partial charge in [-0.2, -0.15) is 5.10 Å². The van der Waals surface area contributed by atoms with E-state index in [1.54, 1.807) is 12.3 Å². The highest BCUT2D eigenvalue weighted by atomic mass is 35.5. The van der Waals surface area contributed by atoms with Crippen LogP contribution in [0.15, 0.2) is 63.5 Å². The van der Waals surface area contributed by atoms with Crippen molar-refractivity contribution in [3.63, 3.8) is 0 Å². The minimum absolute atomic E-state index is 0.194. The quantitative estimate of drug-likeness (QED) is 0.392. The smallest absolute Gasteiger partial charge is 0.250 e. The maximum absolute atomic E-state index is 11.8. The average molecular weight is 389 g/mol. The molecule has 1 aromatic carbocycles. The van der Waals surface area contributed by atoms with E-state index in [-0.39, 0.29) is 11.7 Å². The molecular formula is C17H13ClN4OS2. The summed E-state index contributed by atoms with van der Waals surface area (Å²) < 4.78 is 0.828. The second-order valence-electron chi connectivity index (χ2n) is 4.84. The zero-order valence-electron chi connectivity index (χ0n) is 12.9. The van der Waals surface area contributed by atoms with Crippen LogP contribution in [0.25, 0.3) is 11.3 Å². The largest absolute Gasteiger partial charge is 0.272 e. The predicted molar refractivity (Wildman–Crippen MR) is 103 cm³/mol. The van der Waals surface area contributed by atoms with E-state index in [0.29, 0.717) is 10.7 Å². The van der Waals surface area contributed by atoms with Gasteiger partial charge in [-0.3, -0.25) is 9.78 Å². The summed E-state index contributed by atoms with van der Waals surface area (Å²) in [7, 11) is 0. The SMILES string of the molecule is O=C(CSc1nc(-c2ccc(Cl)cc2)cs1)NN=Cc1ccccn1. The number of nitrogens with zero attached hydrogens (tertiary/aromatic N) is 3. The standard InChI is InChI=1S/C17H13ClN4OS2/c18-13-6-4-12(5-7-13)15-10-24-17(21-15)25-11-16(23)22-20-9-14-3-1-2-8-19-14/h1-10H,11H2,(H,22,23). The number of benzene rings is 1. The van der Waals surface area contributed by atoms with Crippen LogP contribution in [0.2, 0.25) is 5.02 Å². The molecule has 1 N–H and O–H groups in total. The third-order valence-corrected chi connectivity index (χ3v) is 5.30. The van der Waals surface area contributed by atoms with Crippen molar-refractivity contribution >= 4 is 46.8 Å². The summed E-state index contributed by atoms with van der Waals surface area (Å²) in [4.78, 5) is 20.4. The molecule has 0 spiro atoms. The number of halogens is 1. The van der Waals surface area contributed by atoms with Crippen LogP contribution in [0.3, 0.4) is 0 Å². The number of rotatable bonds is 6. The highest BCUT2D eigenvalue weighted by molar-refractivity contribution is 8.01. The van der Waals surface area contributed by atoms with Crippen molar-refractivity contribution in [1.82, 2.24) is 15.4 Å². The van der Waals surface area contributed by atoms with Crippen molar-refractivity contribution in [2.24, 2.45) is 5.10 Å². The van der Waals surface area contributed by atoms with E-state index >= 15 is 0 Å². The van der Waals surface area contributed by atoms with Crippen LogP contribution in [-0.2, 0) is 4.79 Å². The van der Waals surface area contributed by atoms with Crippen molar-refractivity contribution in [3.8, 4) is 11.3 Å². The van der Waals surface area contributed by atoms with Gasteiger partial charge in [0.1, 0.15) is 0 Å². The lowest BCUT2D eigenvalue weighted by atomic mass is 10.2. The molecular weight excluding hydrogens is 376 g/mol. The van der Waals surface area contributed by atoms with Crippen molar-refractivity contribution in [2.75, 3.05) is 5.75 Å². The summed E-state index contributed by atoms with van der Waals surface area (Å²) in [6, 6.07) is 13.0. The fourth-order valence-electron chi connectivity index (χ4n) is 1.86. The van der Waals surface area contributed by atoms with E-state index in [1.165, 1.54) is 29.3 Å². The van der Waals surface area contributed by atoms with Gasteiger partial charge in [-0.15, -0.1) is 11.3 Å². The second-order valence-corrected chi connectivity index (χ2v) is 7.36. The van der Waals surface area contributed by atoms with Crippen LogP contribution < -0.4 is 5.43 Å². The maximum Gasteiger partial charge on any atom is 0.250 e. The van der Waals surface area contributed by atoms with Gasteiger partial charge in [0.25, 0.3) is 5.91 Å². The number of amides is 1. The van der Waals surface area contributed by atoms with Crippen molar-refractivity contribution in [2.45, 2.75) is 4.34 Å². The third-order valence-electron chi connectivity index (χ3n) is 3.02. The molecule has 0 saturated heterocycles. The van der Waals surface area contributed by atoms with E-state index in [2.05, 4.69) is 20.5 Å². The Hall–Kier alpha value is -2.22. The van der Waals surface area contributed by atoms with Gasteiger partial charge in [-0.05, 0) is 24.3 Å². The number of thioether (sulfide) groups is 1. The minimum atomic E-state index is -0.194. The van der Waals surface area contributed by atoms with E-state index in [4.69, 9.17) is 11.6 Å². The molecule has 0 atom stereocenters. The van der Waals surface area contributed by atoms with Gasteiger partial charge in [-0.25, -0.2) is 10.4 Å². The van der Waals surface area contributed by atoms with Crippen LogP contribution >= 0.6 is 34.7 Å².